The Kier molecular flexibility index (Phi) is 5.56. The van der Waals surface area contributed by atoms with Gasteiger partial charge in [-0.25, -0.2) is 12.8 Å². The molecule has 1 unspecified atom stereocenters. The van der Waals surface area contributed by atoms with Crippen LogP contribution in [0.2, 0.25) is 5.02 Å². The fourth-order valence-electron chi connectivity index (χ4n) is 1.62. The molecule has 0 fully saturated rings. The fraction of sp³-hybridized carbons (Fsp3) is 0.500. The Hall–Kier alpha value is -0.650. The van der Waals surface area contributed by atoms with Crippen LogP contribution < -0.4 is 0 Å². The van der Waals surface area contributed by atoms with Crippen molar-refractivity contribution in [1.82, 2.24) is 0 Å². The first kappa shape index (κ1) is 15.4. The molecular weight excluding hydrogens is 279 g/mol. The number of halogens is 2. The maximum Gasteiger partial charge on any atom is 0.147 e. The third kappa shape index (κ3) is 5.80. The maximum atomic E-state index is 12.8. The molecule has 1 N–H and O–H groups in total. The molecule has 0 saturated heterocycles. The minimum atomic E-state index is -2.99. The van der Waals surface area contributed by atoms with Crippen molar-refractivity contribution in [2.45, 2.75) is 25.4 Å². The lowest BCUT2D eigenvalue weighted by Crippen LogP contribution is -2.13. The zero-order chi connectivity index (χ0) is 13.8. The van der Waals surface area contributed by atoms with E-state index < -0.39 is 21.8 Å². The second-order valence-electron chi connectivity index (χ2n) is 4.37. The molecule has 0 aliphatic carbocycles. The van der Waals surface area contributed by atoms with Gasteiger partial charge in [-0.3, -0.25) is 0 Å². The van der Waals surface area contributed by atoms with Crippen molar-refractivity contribution in [2.75, 3.05) is 12.0 Å². The van der Waals surface area contributed by atoms with Gasteiger partial charge in [0.2, 0.25) is 0 Å². The molecule has 102 valence electrons. The standard InChI is InChI=1S/C12H16ClFO3S/c1-18(16,17)6-2-3-11(15)7-9-4-5-10(14)8-12(9)13/h4-5,8,11,15H,2-3,6-7H2,1H3. The van der Waals surface area contributed by atoms with Crippen LogP contribution in [0.5, 0.6) is 0 Å². The summed E-state index contributed by atoms with van der Waals surface area (Å²) in [6.45, 7) is 0. The van der Waals surface area contributed by atoms with Gasteiger partial charge < -0.3 is 5.11 Å². The first-order valence-corrected chi connectivity index (χ1v) is 8.01. The third-order valence-electron chi connectivity index (χ3n) is 2.52. The Morgan fingerprint density at radius 3 is 2.67 bits per heavy atom. The van der Waals surface area contributed by atoms with Gasteiger partial charge in [-0.1, -0.05) is 17.7 Å². The highest BCUT2D eigenvalue weighted by Gasteiger charge is 2.11. The van der Waals surface area contributed by atoms with Crippen LogP contribution >= 0.6 is 11.6 Å². The van der Waals surface area contributed by atoms with Gasteiger partial charge in [0.15, 0.2) is 0 Å². The zero-order valence-electron chi connectivity index (χ0n) is 10.1. The molecule has 0 radical (unpaired) electrons. The summed E-state index contributed by atoms with van der Waals surface area (Å²) >= 11 is 5.83. The van der Waals surface area contributed by atoms with E-state index >= 15 is 0 Å². The van der Waals surface area contributed by atoms with Crippen molar-refractivity contribution >= 4 is 21.4 Å². The lowest BCUT2D eigenvalue weighted by atomic mass is 10.0. The van der Waals surface area contributed by atoms with Crippen LogP contribution in [0.25, 0.3) is 0 Å². The van der Waals surface area contributed by atoms with Gasteiger partial charge in [0.05, 0.1) is 6.10 Å². The van der Waals surface area contributed by atoms with Crippen LogP contribution in [-0.4, -0.2) is 31.6 Å². The lowest BCUT2D eigenvalue weighted by Gasteiger charge is -2.11. The molecule has 1 rings (SSSR count). The third-order valence-corrected chi connectivity index (χ3v) is 3.91. The molecule has 18 heavy (non-hydrogen) atoms. The minimum Gasteiger partial charge on any atom is -0.393 e. The second-order valence-corrected chi connectivity index (χ2v) is 7.03. The second kappa shape index (κ2) is 6.50. The Morgan fingerprint density at radius 1 is 1.44 bits per heavy atom. The predicted octanol–water partition coefficient (Wildman–Crippen LogP) is 2.21. The summed E-state index contributed by atoms with van der Waals surface area (Å²) < 4.78 is 34.6. The highest BCUT2D eigenvalue weighted by atomic mass is 35.5. The van der Waals surface area contributed by atoms with Gasteiger partial charge in [-0.2, -0.15) is 0 Å². The van der Waals surface area contributed by atoms with Crippen LogP contribution in [0.3, 0.4) is 0 Å². The van der Waals surface area contributed by atoms with Crippen LogP contribution in [0.1, 0.15) is 18.4 Å². The van der Waals surface area contributed by atoms with E-state index in [2.05, 4.69) is 0 Å². The number of benzene rings is 1. The van der Waals surface area contributed by atoms with Gasteiger partial charge in [-0.15, -0.1) is 0 Å². The van der Waals surface area contributed by atoms with E-state index in [1.165, 1.54) is 18.2 Å². The molecule has 0 saturated carbocycles. The first-order valence-electron chi connectivity index (χ1n) is 5.57. The molecule has 0 amide bonds. The van der Waals surface area contributed by atoms with E-state index in [9.17, 15) is 17.9 Å². The van der Waals surface area contributed by atoms with Gasteiger partial charge >= 0.3 is 0 Å². The van der Waals surface area contributed by atoms with E-state index in [0.717, 1.165) is 6.26 Å². The number of rotatable bonds is 6. The highest BCUT2D eigenvalue weighted by Crippen LogP contribution is 2.19. The van der Waals surface area contributed by atoms with Crippen LogP contribution in [0, 0.1) is 5.82 Å². The SMILES string of the molecule is CS(=O)(=O)CCCC(O)Cc1ccc(F)cc1Cl. The van der Waals surface area contributed by atoms with Crippen molar-refractivity contribution in [1.29, 1.82) is 0 Å². The Labute approximate surface area is 112 Å². The van der Waals surface area contributed by atoms with Gasteiger partial charge in [0, 0.05) is 17.0 Å². The predicted molar refractivity (Wildman–Crippen MR) is 70.1 cm³/mol. The molecule has 0 spiro atoms. The summed E-state index contributed by atoms with van der Waals surface area (Å²) in [7, 11) is -2.99. The number of aliphatic hydroxyl groups excluding tert-OH is 1. The van der Waals surface area contributed by atoms with Crippen molar-refractivity contribution in [3.05, 3.63) is 34.6 Å². The van der Waals surface area contributed by atoms with Crippen molar-refractivity contribution < 1.29 is 17.9 Å². The average molecular weight is 295 g/mol. The van der Waals surface area contributed by atoms with Crippen molar-refractivity contribution in [3.63, 3.8) is 0 Å². The largest absolute Gasteiger partial charge is 0.393 e. The summed E-state index contributed by atoms with van der Waals surface area (Å²) in [5.74, 6) is -0.364. The number of aliphatic hydroxyl groups is 1. The minimum absolute atomic E-state index is 0.0568. The highest BCUT2D eigenvalue weighted by molar-refractivity contribution is 7.90. The monoisotopic (exact) mass is 294 g/mol. The maximum absolute atomic E-state index is 12.8. The summed E-state index contributed by atoms with van der Waals surface area (Å²) in [4.78, 5) is 0. The summed E-state index contributed by atoms with van der Waals surface area (Å²) in [6, 6.07) is 4.00. The Bertz CT molecular complexity index is 502. The molecule has 0 aliphatic heterocycles. The topological polar surface area (TPSA) is 54.4 Å². The molecule has 0 aromatic heterocycles. The molecular formula is C12H16ClFO3S. The average Bonchev–Trinajstić information content (AvgIpc) is 2.20. The summed E-state index contributed by atoms with van der Waals surface area (Å²) in [5, 5.41) is 10.0. The molecule has 0 heterocycles. The van der Waals surface area contributed by atoms with E-state index in [4.69, 9.17) is 11.6 Å². The number of hydrogen-bond donors (Lipinski definition) is 1. The molecule has 1 aromatic carbocycles. The quantitative estimate of drug-likeness (QED) is 0.875. The number of sulfone groups is 1. The van der Waals surface area contributed by atoms with E-state index in [-0.39, 0.29) is 10.8 Å². The van der Waals surface area contributed by atoms with E-state index in [1.54, 1.807) is 0 Å². The zero-order valence-corrected chi connectivity index (χ0v) is 11.6. The molecule has 0 bridgehead atoms. The molecule has 3 nitrogen and oxygen atoms in total. The van der Waals surface area contributed by atoms with Crippen LogP contribution in [0.15, 0.2) is 18.2 Å². The summed E-state index contributed by atoms with van der Waals surface area (Å²) in [5.41, 5.74) is 0.657. The van der Waals surface area contributed by atoms with Gasteiger partial charge in [-0.05, 0) is 37.0 Å². The van der Waals surface area contributed by atoms with E-state index in [0.29, 0.717) is 24.8 Å². The molecule has 6 heteroatoms. The van der Waals surface area contributed by atoms with Crippen LogP contribution in [0.4, 0.5) is 4.39 Å². The summed E-state index contributed by atoms with van der Waals surface area (Å²) in [6.07, 6.45) is 1.56. The number of hydrogen-bond acceptors (Lipinski definition) is 3. The fourth-order valence-corrected chi connectivity index (χ4v) is 2.56. The molecule has 1 aromatic rings. The van der Waals surface area contributed by atoms with Gasteiger partial charge in [0.25, 0.3) is 0 Å². The molecule has 0 aliphatic rings. The normalized spacial score (nSPS) is 13.6. The van der Waals surface area contributed by atoms with E-state index in [1.807, 2.05) is 0 Å². The van der Waals surface area contributed by atoms with Crippen molar-refractivity contribution in [2.24, 2.45) is 0 Å². The lowest BCUT2D eigenvalue weighted by molar-refractivity contribution is 0.164. The Morgan fingerprint density at radius 2 is 2.11 bits per heavy atom. The van der Waals surface area contributed by atoms with Gasteiger partial charge in [0.1, 0.15) is 15.7 Å². The van der Waals surface area contributed by atoms with Crippen LogP contribution in [-0.2, 0) is 16.3 Å². The van der Waals surface area contributed by atoms with Crippen molar-refractivity contribution in [3.8, 4) is 0 Å². The first-order chi connectivity index (χ1) is 8.28. The smallest absolute Gasteiger partial charge is 0.147 e. The molecule has 1 atom stereocenters. The Balaban J connectivity index is 2.47.